The van der Waals surface area contributed by atoms with Gasteiger partial charge in [0, 0.05) is 18.3 Å². The standard InChI is InChI=1S/C23H23N3O6/c1-2-30-23(29)11-16-10-22(28)26(18-6-4-3-5-17(18)25-16)13-21(27)24-12-15-7-8-19-20(9-15)32-14-31-19/h3-10,25H,2,11-14H2,1H3,(H,24,27). The fraction of sp³-hybridized carbons (Fsp3) is 0.261. The number of nitrogens with zero attached hydrogens (tertiary/aromatic N) is 1. The van der Waals surface area contributed by atoms with Crippen LogP contribution in [0.3, 0.4) is 0 Å². The third-order valence-corrected chi connectivity index (χ3v) is 4.92. The van der Waals surface area contributed by atoms with E-state index in [4.69, 9.17) is 14.2 Å². The monoisotopic (exact) mass is 437 g/mol. The fourth-order valence-electron chi connectivity index (χ4n) is 3.45. The summed E-state index contributed by atoms with van der Waals surface area (Å²) in [6.07, 6.45) is 1.25. The molecule has 0 spiro atoms. The molecule has 2 N–H and O–H groups in total. The first-order valence-corrected chi connectivity index (χ1v) is 10.2. The number of esters is 1. The molecule has 0 saturated heterocycles. The predicted octanol–water partition coefficient (Wildman–Crippen LogP) is 2.33. The molecule has 2 aromatic rings. The van der Waals surface area contributed by atoms with Crippen molar-refractivity contribution in [2.45, 2.75) is 19.9 Å². The number of carbonyl (C=O) groups excluding carboxylic acids is 3. The lowest BCUT2D eigenvalue weighted by atomic mass is 10.2. The van der Waals surface area contributed by atoms with Crippen LogP contribution >= 0.6 is 0 Å². The van der Waals surface area contributed by atoms with Gasteiger partial charge in [0.05, 0.1) is 24.4 Å². The Morgan fingerprint density at radius 3 is 2.81 bits per heavy atom. The van der Waals surface area contributed by atoms with E-state index in [2.05, 4.69) is 10.6 Å². The molecule has 32 heavy (non-hydrogen) atoms. The maximum atomic E-state index is 12.9. The summed E-state index contributed by atoms with van der Waals surface area (Å²) in [5.74, 6) is 0.142. The zero-order chi connectivity index (χ0) is 22.5. The molecule has 0 bridgehead atoms. The molecular formula is C23H23N3O6. The number of hydrogen-bond donors (Lipinski definition) is 2. The van der Waals surface area contributed by atoms with Crippen molar-refractivity contribution < 1.29 is 28.6 Å². The molecule has 9 nitrogen and oxygen atoms in total. The molecule has 2 aliphatic rings. The van der Waals surface area contributed by atoms with Crippen LogP contribution in [-0.4, -0.2) is 37.7 Å². The quantitative estimate of drug-likeness (QED) is 0.641. The Morgan fingerprint density at radius 1 is 1.16 bits per heavy atom. The lowest BCUT2D eigenvalue weighted by Gasteiger charge is -2.21. The van der Waals surface area contributed by atoms with E-state index in [0.29, 0.717) is 28.6 Å². The van der Waals surface area contributed by atoms with Crippen LogP contribution in [0.25, 0.3) is 0 Å². The zero-order valence-electron chi connectivity index (χ0n) is 17.6. The summed E-state index contributed by atoms with van der Waals surface area (Å²) in [5, 5.41) is 5.93. The Hall–Kier alpha value is -4.01. The van der Waals surface area contributed by atoms with Crippen LogP contribution in [0.1, 0.15) is 18.9 Å². The Kier molecular flexibility index (Phi) is 6.25. The Balaban J connectivity index is 1.45. The molecule has 2 aromatic carbocycles. The van der Waals surface area contributed by atoms with E-state index in [1.807, 2.05) is 18.2 Å². The van der Waals surface area contributed by atoms with Gasteiger partial charge in [0.2, 0.25) is 12.7 Å². The van der Waals surface area contributed by atoms with Gasteiger partial charge in [-0.3, -0.25) is 19.3 Å². The number of fused-ring (bicyclic) bond motifs is 2. The minimum absolute atomic E-state index is 0.0714. The Labute approximate surface area is 184 Å². The molecule has 9 heteroatoms. The van der Waals surface area contributed by atoms with Crippen molar-refractivity contribution in [1.82, 2.24) is 5.32 Å². The normalized spacial score (nSPS) is 14.1. The van der Waals surface area contributed by atoms with E-state index in [0.717, 1.165) is 5.56 Å². The third kappa shape index (κ3) is 4.83. The van der Waals surface area contributed by atoms with Crippen molar-refractivity contribution in [3.63, 3.8) is 0 Å². The van der Waals surface area contributed by atoms with E-state index in [9.17, 15) is 14.4 Å². The van der Waals surface area contributed by atoms with Gasteiger partial charge in [0.25, 0.3) is 5.91 Å². The average Bonchev–Trinajstić information content (AvgIpc) is 3.20. The highest BCUT2D eigenvalue weighted by Crippen LogP contribution is 2.33. The summed E-state index contributed by atoms with van der Waals surface area (Å²) in [5.41, 5.74) is 2.43. The highest BCUT2D eigenvalue weighted by atomic mass is 16.7. The molecule has 2 aliphatic heterocycles. The second-order valence-electron chi connectivity index (χ2n) is 7.18. The number of ether oxygens (including phenoxy) is 3. The van der Waals surface area contributed by atoms with Gasteiger partial charge in [-0.1, -0.05) is 18.2 Å². The van der Waals surface area contributed by atoms with E-state index in [1.54, 1.807) is 31.2 Å². The number of nitrogens with one attached hydrogen (secondary N) is 2. The molecular weight excluding hydrogens is 414 g/mol. The summed E-state index contributed by atoms with van der Waals surface area (Å²) in [7, 11) is 0. The molecule has 0 aromatic heterocycles. The number of para-hydroxylation sites is 2. The van der Waals surface area contributed by atoms with Crippen molar-refractivity contribution in [2.75, 3.05) is 30.2 Å². The molecule has 2 heterocycles. The van der Waals surface area contributed by atoms with E-state index >= 15 is 0 Å². The van der Waals surface area contributed by atoms with Gasteiger partial charge in [0.1, 0.15) is 6.54 Å². The van der Waals surface area contributed by atoms with Crippen LogP contribution in [0.2, 0.25) is 0 Å². The maximum Gasteiger partial charge on any atom is 0.311 e. The van der Waals surface area contributed by atoms with Crippen LogP contribution in [0.5, 0.6) is 11.5 Å². The largest absolute Gasteiger partial charge is 0.466 e. The number of carbonyl (C=O) groups is 3. The summed E-state index contributed by atoms with van der Waals surface area (Å²) < 4.78 is 15.6. The first-order valence-electron chi connectivity index (χ1n) is 10.2. The van der Waals surface area contributed by atoms with Crippen LogP contribution in [0.4, 0.5) is 11.4 Å². The number of anilines is 2. The molecule has 0 atom stereocenters. The van der Waals surface area contributed by atoms with Crippen molar-refractivity contribution in [2.24, 2.45) is 0 Å². The van der Waals surface area contributed by atoms with Crippen LogP contribution in [-0.2, 0) is 25.7 Å². The average molecular weight is 437 g/mol. The SMILES string of the molecule is CCOC(=O)CC1=CC(=O)N(CC(=O)NCc2ccc3c(c2)OCO3)c2ccccc2N1. The van der Waals surface area contributed by atoms with Gasteiger partial charge in [-0.05, 0) is 36.8 Å². The van der Waals surface area contributed by atoms with Crippen molar-refractivity contribution in [3.05, 3.63) is 59.8 Å². The van der Waals surface area contributed by atoms with Gasteiger partial charge in [-0.15, -0.1) is 0 Å². The number of amides is 2. The van der Waals surface area contributed by atoms with Gasteiger partial charge in [-0.25, -0.2) is 0 Å². The smallest absolute Gasteiger partial charge is 0.311 e. The summed E-state index contributed by atoms with van der Waals surface area (Å²) in [6, 6.07) is 12.6. The molecule has 4 rings (SSSR count). The maximum absolute atomic E-state index is 12.9. The number of hydrogen-bond acceptors (Lipinski definition) is 7. The van der Waals surface area contributed by atoms with Gasteiger partial charge in [0.15, 0.2) is 11.5 Å². The minimum atomic E-state index is -0.438. The highest BCUT2D eigenvalue weighted by Gasteiger charge is 2.25. The molecule has 0 radical (unpaired) electrons. The van der Waals surface area contributed by atoms with Gasteiger partial charge in [-0.2, -0.15) is 0 Å². The second kappa shape index (κ2) is 9.42. The molecule has 166 valence electrons. The van der Waals surface area contributed by atoms with Crippen molar-refractivity contribution >= 4 is 29.2 Å². The lowest BCUT2D eigenvalue weighted by molar-refractivity contribution is -0.142. The van der Waals surface area contributed by atoms with Gasteiger partial charge < -0.3 is 24.8 Å². The van der Waals surface area contributed by atoms with Crippen LogP contribution < -0.4 is 25.0 Å². The lowest BCUT2D eigenvalue weighted by Crippen LogP contribution is -2.39. The first-order chi connectivity index (χ1) is 15.5. The third-order valence-electron chi connectivity index (χ3n) is 4.92. The van der Waals surface area contributed by atoms with E-state index in [1.165, 1.54) is 11.0 Å². The molecule has 0 fully saturated rings. The summed E-state index contributed by atoms with van der Waals surface area (Å²) in [6.45, 7) is 2.26. The van der Waals surface area contributed by atoms with Crippen LogP contribution in [0, 0.1) is 0 Å². The second-order valence-corrected chi connectivity index (χ2v) is 7.18. The topological polar surface area (TPSA) is 106 Å². The first kappa shape index (κ1) is 21.2. The van der Waals surface area contributed by atoms with E-state index < -0.39 is 11.9 Å². The highest BCUT2D eigenvalue weighted by molar-refractivity contribution is 6.09. The predicted molar refractivity (Wildman–Crippen MR) is 116 cm³/mol. The summed E-state index contributed by atoms with van der Waals surface area (Å²) in [4.78, 5) is 38.8. The molecule has 0 unspecified atom stereocenters. The number of rotatable bonds is 7. The van der Waals surface area contributed by atoms with Crippen LogP contribution in [0.15, 0.2) is 54.2 Å². The Bertz CT molecular complexity index is 1080. The Morgan fingerprint density at radius 2 is 1.97 bits per heavy atom. The van der Waals surface area contributed by atoms with E-state index in [-0.39, 0.29) is 38.8 Å². The zero-order valence-corrected chi connectivity index (χ0v) is 17.6. The summed E-state index contributed by atoms with van der Waals surface area (Å²) >= 11 is 0. The fourth-order valence-corrected chi connectivity index (χ4v) is 3.45. The number of benzene rings is 2. The minimum Gasteiger partial charge on any atom is -0.466 e. The van der Waals surface area contributed by atoms with Gasteiger partial charge >= 0.3 is 5.97 Å². The molecule has 0 saturated carbocycles. The molecule has 0 aliphatic carbocycles. The van der Waals surface area contributed by atoms with Crippen molar-refractivity contribution in [1.29, 1.82) is 0 Å². The van der Waals surface area contributed by atoms with Crippen molar-refractivity contribution in [3.8, 4) is 11.5 Å². The molecule has 2 amide bonds.